The molecule has 0 radical (unpaired) electrons. The second-order valence-corrected chi connectivity index (χ2v) is 2.01. The van der Waals surface area contributed by atoms with Gasteiger partial charge in [0, 0.05) is 0 Å². The second-order valence-electron chi connectivity index (χ2n) is 1.34. The van der Waals surface area contributed by atoms with Gasteiger partial charge in [-0.05, 0) is 26.1 Å². The van der Waals surface area contributed by atoms with E-state index in [2.05, 4.69) is 26.0 Å². The van der Waals surface area contributed by atoms with Gasteiger partial charge in [-0.25, -0.2) is 0 Å². The highest BCUT2D eigenvalue weighted by Crippen LogP contribution is 1.83. The zero-order valence-corrected chi connectivity index (χ0v) is 5.34. The van der Waals surface area contributed by atoms with Crippen LogP contribution in [0.3, 0.4) is 0 Å². The van der Waals surface area contributed by atoms with Crippen LogP contribution in [0.1, 0.15) is 13.8 Å². The van der Waals surface area contributed by atoms with Crippen LogP contribution in [0.5, 0.6) is 0 Å². The fourth-order valence-corrected chi connectivity index (χ4v) is 0.671. The Morgan fingerprint density at radius 2 is 2.00 bits per heavy atom. The van der Waals surface area contributed by atoms with E-state index in [1.165, 1.54) is 13.8 Å². The Morgan fingerprint density at radius 3 is 2.00 bits per heavy atom. The van der Waals surface area contributed by atoms with Crippen LogP contribution in [-0.4, -0.2) is 12.1 Å². The first kappa shape index (κ1) is 5.95. The highest BCUT2D eigenvalue weighted by molar-refractivity contribution is 7.36. The third kappa shape index (κ3) is 3.95. The molecule has 0 N–H and O–H groups in total. The van der Waals surface area contributed by atoms with Crippen LogP contribution >= 0.6 is 8.20 Å². The first-order chi connectivity index (χ1) is 2.77. The summed E-state index contributed by atoms with van der Waals surface area (Å²) in [5.41, 5.74) is 4.37. The molecule has 1 heteroatoms. The molecule has 0 heterocycles. The molecule has 0 aromatic heterocycles. The Labute approximate surface area is 40.7 Å². The molecule has 0 aliphatic heterocycles. The Morgan fingerprint density at radius 1 is 1.50 bits per heavy atom. The number of rotatable bonds is 0. The number of hydrogen-bond acceptors (Lipinski definition) is 0. The molecule has 0 rings (SSSR count). The van der Waals surface area contributed by atoms with E-state index >= 15 is 0 Å². The van der Waals surface area contributed by atoms with Gasteiger partial charge in [0.1, 0.15) is 0 Å². The van der Waals surface area contributed by atoms with E-state index in [1.54, 1.807) is 0 Å². The lowest BCUT2D eigenvalue weighted by Gasteiger charge is -1.69. The molecule has 0 nitrogen and oxygen atoms in total. The van der Waals surface area contributed by atoms with Crippen molar-refractivity contribution in [2.24, 2.45) is 0 Å². The van der Waals surface area contributed by atoms with Gasteiger partial charge in [0.15, 0.2) is 0 Å². The predicted molar refractivity (Wildman–Crippen MR) is 32.7 cm³/mol. The van der Waals surface area contributed by atoms with Crippen molar-refractivity contribution in [2.75, 3.05) is 6.66 Å². The smallest absolute Gasteiger partial charge is 0.0148 e. The quantitative estimate of drug-likeness (QED) is 0.408. The summed E-state index contributed by atoms with van der Waals surface area (Å²) in [4.78, 5) is 0. The summed E-state index contributed by atoms with van der Waals surface area (Å²) in [5, 5.41) is 0. The van der Waals surface area contributed by atoms with Crippen molar-refractivity contribution in [3.8, 4) is 0 Å². The molecule has 0 aromatic rings. The van der Waals surface area contributed by atoms with Crippen LogP contribution in [0, 0.1) is 0 Å². The summed E-state index contributed by atoms with van der Waals surface area (Å²) in [6.45, 7) is 6.17. The highest BCUT2D eigenvalue weighted by Gasteiger charge is 1.60. The molecule has 0 spiro atoms. The fraction of sp³-hybridized carbons (Fsp3) is 0.600. The molecule has 0 unspecified atom stereocenters. The minimum atomic E-state index is 1.24. The highest BCUT2D eigenvalue weighted by atomic mass is 31.1. The van der Waals surface area contributed by atoms with E-state index in [-0.39, 0.29) is 0 Å². The molecule has 0 aliphatic rings. The molecule has 0 saturated carbocycles. The molecule has 0 aromatic carbocycles. The first-order valence-corrected chi connectivity index (χ1v) is 3.26. The van der Waals surface area contributed by atoms with Gasteiger partial charge < -0.3 is 0 Å². The third-order valence-corrected chi connectivity index (χ3v) is 1.01. The van der Waals surface area contributed by atoms with E-state index in [0.717, 1.165) is 0 Å². The van der Waals surface area contributed by atoms with Crippen molar-refractivity contribution in [1.29, 1.82) is 0 Å². The zero-order chi connectivity index (χ0) is 4.99. The largest absolute Gasteiger partial charge is 0.0956 e. The van der Waals surface area contributed by atoms with Crippen molar-refractivity contribution in [3.05, 3.63) is 5.57 Å². The minimum Gasteiger partial charge on any atom is -0.0956 e. The molecule has 0 fully saturated rings. The van der Waals surface area contributed by atoms with Crippen LogP contribution in [0.4, 0.5) is 0 Å². The number of allylic oxidation sites excluding steroid dienone is 1. The SMILES string of the molecule is CP=C=C(C)C. The maximum atomic E-state index is 3.10. The van der Waals surface area contributed by atoms with Crippen molar-refractivity contribution in [1.82, 2.24) is 0 Å². The summed E-state index contributed by atoms with van der Waals surface area (Å²) in [6, 6.07) is 0. The Bertz CT molecular complexity index is 82.1. The monoisotopic (exact) mass is 100 g/mol. The second kappa shape index (κ2) is 3.15. The Kier molecular flexibility index (Phi) is 3.13. The van der Waals surface area contributed by atoms with Crippen LogP contribution < -0.4 is 0 Å². The summed E-state index contributed by atoms with van der Waals surface area (Å²) in [6.07, 6.45) is 0. The van der Waals surface area contributed by atoms with Gasteiger partial charge in [-0.2, -0.15) is 0 Å². The van der Waals surface area contributed by atoms with E-state index in [9.17, 15) is 0 Å². The van der Waals surface area contributed by atoms with E-state index in [0.29, 0.717) is 0 Å². The van der Waals surface area contributed by atoms with Gasteiger partial charge in [-0.3, -0.25) is 0 Å². The van der Waals surface area contributed by atoms with Crippen molar-refractivity contribution < 1.29 is 0 Å². The lowest BCUT2D eigenvalue weighted by Crippen LogP contribution is -1.54. The van der Waals surface area contributed by atoms with Gasteiger partial charge in [0.05, 0.1) is 0 Å². The van der Waals surface area contributed by atoms with Crippen molar-refractivity contribution in [2.45, 2.75) is 13.8 Å². The van der Waals surface area contributed by atoms with Gasteiger partial charge >= 0.3 is 0 Å². The van der Waals surface area contributed by atoms with Gasteiger partial charge in [0.25, 0.3) is 0 Å². The summed E-state index contributed by atoms with van der Waals surface area (Å²) >= 11 is 0. The maximum absolute atomic E-state index is 3.10. The Hall–Kier alpha value is -0.0500. The van der Waals surface area contributed by atoms with Crippen LogP contribution in [0.2, 0.25) is 0 Å². The van der Waals surface area contributed by atoms with E-state index < -0.39 is 0 Å². The molecule has 34 valence electrons. The van der Waals surface area contributed by atoms with Crippen molar-refractivity contribution >= 4 is 13.7 Å². The molecule has 0 saturated heterocycles. The molecule has 0 aliphatic carbocycles. The minimum absolute atomic E-state index is 1.24. The molecule has 0 bridgehead atoms. The lowest BCUT2D eigenvalue weighted by atomic mass is 10.4. The fourth-order valence-electron chi connectivity index (χ4n) is 0.224. The molecule has 0 atom stereocenters. The van der Waals surface area contributed by atoms with Crippen molar-refractivity contribution in [3.63, 3.8) is 0 Å². The van der Waals surface area contributed by atoms with Crippen LogP contribution in [-0.2, 0) is 0 Å². The molecular weight excluding hydrogens is 91.0 g/mol. The molecule has 6 heavy (non-hydrogen) atoms. The first-order valence-electron chi connectivity index (χ1n) is 1.92. The van der Waals surface area contributed by atoms with E-state index in [1.807, 2.05) is 0 Å². The normalized spacial score (nSPS) is 7.83. The summed E-state index contributed by atoms with van der Waals surface area (Å²) in [5.74, 6) is 0. The maximum Gasteiger partial charge on any atom is -0.0148 e. The van der Waals surface area contributed by atoms with E-state index in [4.69, 9.17) is 0 Å². The average Bonchev–Trinajstić information content (AvgIpc) is 1.35. The average molecular weight is 100 g/mol. The van der Waals surface area contributed by atoms with Crippen LogP contribution in [0.15, 0.2) is 5.57 Å². The summed E-state index contributed by atoms with van der Waals surface area (Å²) in [7, 11) is 1.24. The molecular formula is C5H9P. The lowest BCUT2D eigenvalue weighted by molar-refractivity contribution is 1.46. The van der Waals surface area contributed by atoms with Crippen LogP contribution in [0.25, 0.3) is 0 Å². The Balaban J connectivity index is 3.73. The van der Waals surface area contributed by atoms with Gasteiger partial charge in [-0.15, -0.1) is 0 Å². The molecule has 0 amide bonds. The number of hydrogen-bond donors (Lipinski definition) is 0. The third-order valence-electron chi connectivity index (χ3n) is 0.335. The van der Waals surface area contributed by atoms with Gasteiger partial charge in [0.2, 0.25) is 0 Å². The standard InChI is InChI=1S/C5H9P/c1-5(2)4-6-3/h1-3H3. The summed E-state index contributed by atoms with van der Waals surface area (Å²) < 4.78 is 0. The van der Waals surface area contributed by atoms with Gasteiger partial charge in [-0.1, -0.05) is 13.7 Å². The topological polar surface area (TPSA) is 0 Å². The predicted octanol–water partition coefficient (Wildman–Crippen LogP) is 1.93. The zero-order valence-electron chi connectivity index (χ0n) is 4.45.